The maximum Gasteiger partial charge on any atom is 0.122 e. The highest BCUT2D eigenvalue weighted by atomic mass is 16.5. The molecule has 0 aliphatic carbocycles. The molecule has 3 heteroatoms. The van der Waals surface area contributed by atoms with Crippen LogP contribution in [0.4, 0.5) is 0 Å². The van der Waals surface area contributed by atoms with Gasteiger partial charge in [0.25, 0.3) is 0 Å². The Bertz CT molecular complexity index is 429. The quantitative estimate of drug-likeness (QED) is 0.913. The van der Waals surface area contributed by atoms with E-state index in [-0.39, 0.29) is 0 Å². The molecular formula is C17H26N2O. The highest BCUT2D eigenvalue weighted by Gasteiger charge is 2.26. The zero-order valence-corrected chi connectivity index (χ0v) is 12.5. The summed E-state index contributed by atoms with van der Waals surface area (Å²) in [4.78, 5) is 2.67. The molecule has 0 aromatic heterocycles. The molecule has 0 spiro atoms. The van der Waals surface area contributed by atoms with E-state index in [1.54, 1.807) is 0 Å². The summed E-state index contributed by atoms with van der Waals surface area (Å²) in [6.07, 6.45) is 3.80. The Morgan fingerprint density at radius 3 is 3.00 bits per heavy atom. The molecule has 3 nitrogen and oxygen atoms in total. The summed E-state index contributed by atoms with van der Waals surface area (Å²) in [6, 6.07) is 9.28. The number of hydrogen-bond donors (Lipinski definition) is 1. The van der Waals surface area contributed by atoms with Crippen LogP contribution < -0.4 is 10.1 Å². The van der Waals surface area contributed by atoms with Crippen LogP contribution in [0.3, 0.4) is 0 Å². The Morgan fingerprint density at radius 1 is 1.30 bits per heavy atom. The van der Waals surface area contributed by atoms with Crippen molar-refractivity contribution in [2.24, 2.45) is 0 Å². The Kier molecular flexibility index (Phi) is 4.58. The predicted octanol–water partition coefficient (Wildman–Crippen LogP) is 2.63. The van der Waals surface area contributed by atoms with Crippen molar-refractivity contribution in [3.8, 4) is 5.75 Å². The molecule has 3 rings (SSSR count). The number of likely N-dealkylation sites (N-methyl/N-ethyl adjacent to an activating group) is 1. The van der Waals surface area contributed by atoms with Gasteiger partial charge in [-0.1, -0.05) is 25.1 Å². The molecule has 1 aromatic carbocycles. The molecular weight excluding hydrogens is 248 g/mol. The number of nitrogens with zero attached hydrogens (tertiary/aromatic N) is 1. The first-order valence-electron chi connectivity index (χ1n) is 8.05. The lowest BCUT2D eigenvalue weighted by Gasteiger charge is -2.37. The average molecular weight is 274 g/mol. The summed E-state index contributed by atoms with van der Waals surface area (Å²) in [7, 11) is 0. The van der Waals surface area contributed by atoms with Crippen LogP contribution in [0.1, 0.15) is 37.7 Å². The van der Waals surface area contributed by atoms with E-state index in [1.807, 2.05) is 0 Å². The first-order valence-corrected chi connectivity index (χ1v) is 8.05. The van der Waals surface area contributed by atoms with E-state index in [9.17, 15) is 0 Å². The van der Waals surface area contributed by atoms with Crippen molar-refractivity contribution >= 4 is 0 Å². The third-order valence-electron chi connectivity index (χ3n) is 4.73. The van der Waals surface area contributed by atoms with Gasteiger partial charge in [0, 0.05) is 25.0 Å². The molecule has 110 valence electrons. The van der Waals surface area contributed by atoms with E-state index in [1.165, 1.54) is 31.5 Å². The number of benzene rings is 1. The molecule has 2 atom stereocenters. The predicted molar refractivity (Wildman–Crippen MR) is 82.4 cm³/mol. The fourth-order valence-corrected chi connectivity index (χ4v) is 3.57. The summed E-state index contributed by atoms with van der Waals surface area (Å²) in [5, 5.41) is 3.54. The van der Waals surface area contributed by atoms with E-state index in [4.69, 9.17) is 4.74 Å². The van der Waals surface area contributed by atoms with Crippen LogP contribution in [-0.2, 0) is 0 Å². The molecule has 1 saturated heterocycles. The third kappa shape index (κ3) is 2.99. The number of para-hydroxylation sites is 1. The molecule has 1 N–H and O–H groups in total. The van der Waals surface area contributed by atoms with E-state index in [2.05, 4.69) is 41.4 Å². The van der Waals surface area contributed by atoms with E-state index in [0.717, 1.165) is 31.9 Å². The summed E-state index contributed by atoms with van der Waals surface area (Å²) in [5.41, 5.74) is 1.40. The standard InChI is InChI=1S/C17H26N2O/c1-2-19(15-6-5-10-18-12-15)13-14-9-11-20-17-8-4-3-7-16(14)17/h3-4,7-8,14-15,18H,2,5-6,9-13H2,1H3. The van der Waals surface area contributed by atoms with Gasteiger partial charge in [-0.25, -0.2) is 0 Å². The molecule has 0 amide bonds. The second-order valence-corrected chi connectivity index (χ2v) is 5.96. The zero-order valence-electron chi connectivity index (χ0n) is 12.5. The zero-order chi connectivity index (χ0) is 13.8. The van der Waals surface area contributed by atoms with Crippen molar-refractivity contribution < 1.29 is 4.74 Å². The Balaban J connectivity index is 1.70. The van der Waals surface area contributed by atoms with Crippen molar-refractivity contribution in [1.29, 1.82) is 0 Å². The van der Waals surface area contributed by atoms with Gasteiger partial charge in [-0.3, -0.25) is 4.90 Å². The molecule has 2 heterocycles. The highest BCUT2D eigenvalue weighted by molar-refractivity contribution is 5.37. The summed E-state index contributed by atoms with van der Waals surface area (Å²) >= 11 is 0. The Morgan fingerprint density at radius 2 is 2.20 bits per heavy atom. The minimum absolute atomic E-state index is 0.627. The molecule has 20 heavy (non-hydrogen) atoms. The normalized spacial score (nSPS) is 26.1. The number of piperidine rings is 1. The SMILES string of the molecule is CCN(CC1CCOc2ccccc21)C1CCCNC1. The second kappa shape index (κ2) is 6.59. The van der Waals surface area contributed by atoms with Crippen molar-refractivity contribution in [1.82, 2.24) is 10.2 Å². The van der Waals surface area contributed by atoms with Crippen molar-refractivity contribution in [3.05, 3.63) is 29.8 Å². The van der Waals surface area contributed by atoms with Crippen LogP contribution >= 0.6 is 0 Å². The number of hydrogen-bond acceptors (Lipinski definition) is 3. The molecule has 0 bridgehead atoms. The van der Waals surface area contributed by atoms with Crippen LogP contribution in [0.5, 0.6) is 5.75 Å². The summed E-state index contributed by atoms with van der Waals surface area (Å²) in [5.74, 6) is 1.73. The lowest BCUT2D eigenvalue weighted by molar-refractivity contribution is 0.149. The van der Waals surface area contributed by atoms with Gasteiger partial charge < -0.3 is 10.1 Å². The number of fused-ring (bicyclic) bond motifs is 1. The topological polar surface area (TPSA) is 24.5 Å². The first-order chi connectivity index (χ1) is 9.88. The minimum Gasteiger partial charge on any atom is -0.493 e. The highest BCUT2D eigenvalue weighted by Crippen LogP contribution is 2.34. The van der Waals surface area contributed by atoms with Gasteiger partial charge in [0.1, 0.15) is 5.75 Å². The van der Waals surface area contributed by atoms with Gasteiger partial charge >= 0.3 is 0 Å². The van der Waals surface area contributed by atoms with Gasteiger partial charge in [-0.05, 0) is 44.0 Å². The maximum atomic E-state index is 5.78. The molecule has 1 aromatic rings. The number of rotatable bonds is 4. The first kappa shape index (κ1) is 13.9. The Hall–Kier alpha value is -1.06. The van der Waals surface area contributed by atoms with Gasteiger partial charge in [-0.15, -0.1) is 0 Å². The summed E-state index contributed by atoms with van der Waals surface area (Å²) < 4.78 is 5.78. The molecule has 0 saturated carbocycles. The molecule has 0 radical (unpaired) electrons. The van der Waals surface area contributed by atoms with Crippen LogP contribution in [-0.4, -0.2) is 43.7 Å². The van der Waals surface area contributed by atoms with E-state index >= 15 is 0 Å². The lowest BCUT2D eigenvalue weighted by Crippen LogP contribution is -2.47. The van der Waals surface area contributed by atoms with Crippen LogP contribution in [0.25, 0.3) is 0 Å². The number of nitrogens with one attached hydrogen (secondary N) is 1. The molecule has 1 fully saturated rings. The van der Waals surface area contributed by atoms with Gasteiger partial charge in [0.2, 0.25) is 0 Å². The second-order valence-electron chi connectivity index (χ2n) is 5.96. The average Bonchev–Trinajstić information content (AvgIpc) is 2.53. The monoisotopic (exact) mass is 274 g/mol. The van der Waals surface area contributed by atoms with Gasteiger partial charge in [-0.2, -0.15) is 0 Å². The van der Waals surface area contributed by atoms with Crippen molar-refractivity contribution in [2.75, 3.05) is 32.8 Å². The molecule has 2 unspecified atom stereocenters. The minimum atomic E-state index is 0.627. The number of ether oxygens (including phenoxy) is 1. The molecule has 2 aliphatic heterocycles. The maximum absolute atomic E-state index is 5.78. The van der Waals surface area contributed by atoms with E-state index < -0.39 is 0 Å². The lowest BCUT2D eigenvalue weighted by atomic mass is 9.91. The smallest absolute Gasteiger partial charge is 0.122 e. The fourth-order valence-electron chi connectivity index (χ4n) is 3.57. The van der Waals surface area contributed by atoms with Gasteiger partial charge in [0.05, 0.1) is 6.61 Å². The van der Waals surface area contributed by atoms with Crippen LogP contribution in [0, 0.1) is 0 Å². The molecule has 2 aliphatic rings. The fraction of sp³-hybridized carbons (Fsp3) is 0.647. The van der Waals surface area contributed by atoms with E-state index in [0.29, 0.717) is 12.0 Å². The van der Waals surface area contributed by atoms with Gasteiger partial charge in [0.15, 0.2) is 0 Å². The van der Waals surface area contributed by atoms with Crippen LogP contribution in [0.15, 0.2) is 24.3 Å². The van der Waals surface area contributed by atoms with Crippen LogP contribution in [0.2, 0.25) is 0 Å². The Labute approximate surface area is 122 Å². The largest absolute Gasteiger partial charge is 0.493 e. The summed E-state index contributed by atoms with van der Waals surface area (Å²) in [6.45, 7) is 7.81. The van der Waals surface area contributed by atoms with Crippen molar-refractivity contribution in [3.63, 3.8) is 0 Å². The van der Waals surface area contributed by atoms with Crippen molar-refractivity contribution in [2.45, 2.75) is 38.1 Å². The third-order valence-corrected chi connectivity index (χ3v) is 4.73.